The van der Waals surface area contributed by atoms with Gasteiger partial charge in [-0.1, -0.05) is 12.1 Å². The van der Waals surface area contributed by atoms with Crippen molar-refractivity contribution in [1.29, 1.82) is 0 Å². The van der Waals surface area contributed by atoms with Crippen LogP contribution in [0.15, 0.2) is 24.3 Å². The summed E-state index contributed by atoms with van der Waals surface area (Å²) >= 11 is 0. The third kappa shape index (κ3) is 4.51. The Balaban J connectivity index is 2.85. The zero-order chi connectivity index (χ0) is 14.6. The molecular formula is C11H16N2O5S. The first-order chi connectivity index (χ1) is 8.72. The summed E-state index contributed by atoms with van der Waals surface area (Å²) in [6.45, 7) is 0. The molecule has 0 bridgehead atoms. The summed E-state index contributed by atoms with van der Waals surface area (Å²) in [6.07, 6.45) is -0.0112. The number of carboxylic acids is 1. The third-order valence-electron chi connectivity index (χ3n) is 2.45. The van der Waals surface area contributed by atoms with Gasteiger partial charge in [-0.3, -0.25) is 4.79 Å². The van der Waals surface area contributed by atoms with E-state index >= 15 is 0 Å². The fourth-order valence-electron chi connectivity index (χ4n) is 1.33. The van der Waals surface area contributed by atoms with E-state index in [0.717, 1.165) is 4.31 Å². The molecule has 0 amide bonds. The number of carboxylic acid groups (broad SMARTS) is 1. The molecule has 0 aromatic heterocycles. The second-order valence-electron chi connectivity index (χ2n) is 4.17. The molecule has 7 nitrogen and oxygen atoms in total. The van der Waals surface area contributed by atoms with E-state index < -0.39 is 22.2 Å². The lowest BCUT2D eigenvalue weighted by atomic mass is 10.1. The molecule has 0 aliphatic rings. The minimum Gasteiger partial charge on any atom is -0.508 e. The first kappa shape index (κ1) is 15.4. The average Bonchev–Trinajstić information content (AvgIpc) is 2.30. The molecule has 0 aliphatic heterocycles. The van der Waals surface area contributed by atoms with Crippen LogP contribution in [-0.2, 0) is 21.4 Å². The number of hydrogen-bond donors (Lipinski definition) is 3. The first-order valence-electron chi connectivity index (χ1n) is 5.43. The average molecular weight is 288 g/mol. The molecule has 106 valence electrons. The number of nitrogens with zero attached hydrogens (tertiary/aromatic N) is 1. The van der Waals surface area contributed by atoms with E-state index in [1.807, 2.05) is 0 Å². The standard InChI is InChI=1S/C11H16N2O5S/c1-13(2)19(17,18)12-10(11(15)16)7-8-3-5-9(14)6-4-8/h3-6,10,12,14H,7H2,1-2H3,(H,15,16)/t10-/m1/s1. The van der Waals surface area contributed by atoms with Crippen LogP contribution in [0.4, 0.5) is 0 Å². The van der Waals surface area contributed by atoms with Crippen LogP contribution >= 0.6 is 0 Å². The third-order valence-corrected chi connectivity index (χ3v) is 3.99. The van der Waals surface area contributed by atoms with Crippen molar-refractivity contribution >= 4 is 16.2 Å². The quantitative estimate of drug-likeness (QED) is 0.671. The molecule has 0 aliphatic carbocycles. The Labute approximate surface area is 111 Å². The smallest absolute Gasteiger partial charge is 0.322 e. The van der Waals surface area contributed by atoms with Crippen molar-refractivity contribution in [2.45, 2.75) is 12.5 Å². The summed E-state index contributed by atoms with van der Waals surface area (Å²) in [5.41, 5.74) is 0.603. The lowest BCUT2D eigenvalue weighted by Crippen LogP contribution is -2.47. The van der Waals surface area contributed by atoms with Crippen LogP contribution in [0.3, 0.4) is 0 Å². The zero-order valence-electron chi connectivity index (χ0n) is 10.6. The maximum absolute atomic E-state index is 11.6. The normalized spacial score (nSPS) is 13.4. The van der Waals surface area contributed by atoms with Gasteiger partial charge in [-0.15, -0.1) is 0 Å². The van der Waals surface area contributed by atoms with Crippen LogP contribution in [0.2, 0.25) is 0 Å². The molecule has 19 heavy (non-hydrogen) atoms. The Morgan fingerprint density at radius 2 is 1.84 bits per heavy atom. The number of phenolic OH excluding ortho intramolecular Hbond substituents is 1. The van der Waals surface area contributed by atoms with E-state index in [9.17, 15) is 13.2 Å². The molecule has 0 fully saturated rings. The molecule has 0 heterocycles. The number of hydrogen-bond acceptors (Lipinski definition) is 4. The summed E-state index contributed by atoms with van der Waals surface area (Å²) in [7, 11) is -1.20. The van der Waals surface area contributed by atoms with Gasteiger partial charge in [0.05, 0.1) is 0 Å². The van der Waals surface area contributed by atoms with Gasteiger partial charge in [0.1, 0.15) is 11.8 Å². The molecule has 0 saturated heterocycles. The van der Waals surface area contributed by atoms with E-state index in [0.29, 0.717) is 5.56 Å². The number of aromatic hydroxyl groups is 1. The number of nitrogens with one attached hydrogen (secondary N) is 1. The minimum atomic E-state index is -3.82. The summed E-state index contributed by atoms with van der Waals surface area (Å²) in [4.78, 5) is 11.1. The molecule has 3 N–H and O–H groups in total. The number of carbonyl (C=O) groups is 1. The second-order valence-corrected chi connectivity index (χ2v) is 6.08. The van der Waals surface area contributed by atoms with Crippen LogP contribution in [0.5, 0.6) is 5.75 Å². The maximum atomic E-state index is 11.6. The van der Waals surface area contributed by atoms with Gasteiger partial charge >= 0.3 is 5.97 Å². The Kier molecular flexibility index (Phi) is 4.87. The molecule has 1 aromatic carbocycles. The molecule has 1 aromatic rings. The van der Waals surface area contributed by atoms with E-state index in [-0.39, 0.29) is 12.2 Å². The highest BCUT2D eigenvalue weighted by Gasteiger charge is 2.25. The predicted molar refractivity (Wildman–Crippen MR) is 69.0 cm³/mol. The van der Waals surface area contributed by atoms with Crippen LogP contribution in [0.1, 0.15) is 5.56 Å². The van der Waals surface area contributed by atoms with Crippen LogP contribution in [-0.4, -0.2) is 49.0 Å². The van der Waals surface area contributed by atoms with Gasteiger partial charge in [0.15, 0.2) is 0 Å². The number of benzene rings is 1. The fraction of sp³-hybridized carbons (Fsp3) is 0.364. The highest BCUT2D eigenvalue weighted by molar-refractivity contribution is 7.87. The molecule has 0 radical (unpaired) electrons. The zero-order valence-corrected chi connectivity index (χ0v) is 11.4. The lowest BCUT2D eigenvalue weighted by Gasteiger charge is -2.18. The Bertz CT molecular complexity index is 539. The van der Waals surface area contributed by atoms with Crippen molar-refractivity contribution in [3.63, 3.8) is 0 Å². The van der Waals surface area contributed by atoms with Crippen molar-refractivity contribution in [3.05, 3.63) is 29.8 Å². The lowest BCUT2D eigenvalue weighted by molar-refractivity contribution is -0.138. The second kappa shape index (κ2) is 6.00. The summed E-state index contributed by atoms with van der Waals surface area (Å²) in [6, 6.07) is 4.63. The van der Waals surface area contributed by atoms with E-state index in [1.165, 1.54) is 38.4 Å². The van der Waals surface area contributed by atoms with Crippen LogP contribution < -0.4 is 4.72 Å². The monoisotopic (exact) mass is 288 g/mol. The van der Waals surface area contributed by atoms with E-state index in [4.69, 9.17) is 10.2 Å². The number of aliphatic carboxylic acids is 1. The molecule has 0 saturated carbocycles. The SMILES string of the molecule is CN(C)S(=O)(=O)N[C@H](Cc1ccc(O)cc1)C(=O)O. The van der Waals surface area contributed by atoms with Gasteiger partial charge in [-0.25, -0.2) is 0 Å². The van der Waals surface area contributed by atoms with Crippen LogP contribution in [0, 0.1) is 0 Å². The van der Waals surface area contributed by atoms with Crippen molar-refractivity contribution in [1.82, 2.24) is 9.03 Å². The Morgan fingerprint density at radius 3 is 2.26 bits per heavy atom. The number of rotatable bonds is 6. The first-order valence-corrected chi connectivity index (χ1v) is 6.87. The van der Waals surface area contributed by atoms with Gasteiger partial charge in [-0.05, 0) is 24.1 Å². The largest absolute Gasteiger partial charge is 0.508 e. The Hall–Kier alpha value is -1.64. The minimum absolute atomic E-state index is 0.0112. The van der Waals surface area contributed by atoms with Gasteiger partial charge in [0, 0.05) is 14.1 Å². The molecule has 1 rings (SSSR count). The highest BCUT2D eigenvalue weighted by atomic mass is 32.2. The topological polar surface area (TPSA) is 107 Å². The van der Waals surface area contributed by atoms with Crippen molar-refractivity contribution in [2.75, 3.05) is 14.1 Å². The van der Waals surface area contributed by atoms with E-state index in [1.54, 1.807) is 0 Å². The highest BCUT2D eigenvalue weighted by Crippen LogP contribution is 2.12. The van der Waals surface area contributed by atoms with Gasteiger partial charge in [0.2, 0.25) is 0 Å². The molecular weight excluding hydrogens is 272 g/mol. The molecule has 1 atom stereocenters. The Morgan fingerprint density at radius 1 is 1.32 bits per heavy atom. The van der Waals surface area contributed by atoms with Crippen molar-refractivity contribution in [2.24, 2.45) is 0 Å². The summed E-state index contributed by atoms with van der Waals surface area (Å²) in [5.74, 6) is -1.21. The molecule has 0 unspecified atom stereocenters. The maximum Gasteiger partial charge on any atom is 0.322 e. The summed E-state index contributed by atoms with van der Waals surface area (Å²) in [5, 5.41) is 18.2. The summed E-state index contributed by atoms with van der Waals surface area (Å²) < 4.78 is 26.2. The fourth-order valence-corrected chi connectivity index (χ4v) is 2.09. The van der Waals surface area contributed by atoms with E-state index in [2.05, 4.69) is 4.72 Å². The number of phenols is 1. The van der Waals surface area contributed by atoms with Gasteiger partial charge < -0.3 is 10.2 Å². The van der Waals surface area contributed by atoms with Gasteiger partial charge in [-0.2, -0.15) is 17.4 Å². The predicted octanol–water partition coefficient (Wildman–Crippen LogP) is -0.216. The van der Waals surface area contributed by atoms with Crippen molar-refractivity contribution < 1.29 is 23.4 Å². The van der Waals surface area contributed by atoms with Crippen molar-refractivity contribution in [3.8, 4) is 5.75 Å². The molecule has 0 spiro atoms. The van der Waals surface area contributed by atoms with Gasteiger partial charge in [0.25, 0.3) is 10.2 Å². The van der Waals surface area contributed by atoms with Crippen LogP contribution in [0.25, 0.3) is 0 Å². The molecule has 8 heteroatoms.